The van der Waals surface area contributed by atoms with Gasteiger partial charge >= 0.3 is 0 Å². The molecule has 0 aliphatic carbocycles. The summed E-state index contributed by atoms with van der Waals surface area (Å²) in [4.78, 5) is 20.2. The van der Waals surface area contributed by atoms with Gasteiger partial charge in [0, 0.05) is 36.7 Å². The van der Waals surface area contributed by atoms with E-state index >= 15 is 0 Å². The molecule has 2 N–H and O–H groups in total. The first-order valence-corrected chi connectivity index (χ1v) is 8.35. The molecular weight excluding hydrogens is 305 g/mol. The molecule has 1 aliphatic rings. The van der Waals surface area contributed by atoms with Crippen molar-refractivity contribution < 1.29 is 4.39 Å². The van der Waals surface area contributed by atoms with Gasteiger partial charge in [0.25, 0.3) is 5.56 Å². The lowest BCUT2D eigenvalue weighted by Gasteiger charge is -2.28. The second kappa shape index (κ2) is 6.24. The van der Waals surface area contributed by atoms with Crippen molar-refractivity contribution in [3.05, 3.63) is 58.5 Å². The molecule has 0 atom stereocenters. The predicted octanol–water partition coefficient (Wildman–Crippen LogP) is 3.46. The summed E-state index contributed by atoms with van der Waals surface area (Å²) >= 11 is 0. The molecule has 1 fully saturated rings. The van der Waals surface area contributed by atoms with Crippen LogP contribution in [-0.4, -0.2) is 34.1 Å². The van der Waals surface area contributed by atoms with Crippen molar-refractivity contribution in [1.29, 1.82) is 0 Å². The summed E-state index contributed by atoms with van der Waals surface area (Å²) in [5.74, 6) is 0. The van der Waals surface area contributed by atoms with E-state index in [0.29, 0.717) is 18.4 Å². The van der Waals surface area contributed by atoms with Gasteiger partial charge in [0.15, 0.2) is 0 Å². The summed E-state index contributed by atoms with van der Waals surface area (Å²) in [5, 5.41) is 1.09. The van der Waals surface area contributed by atoms with Gasteiger partial charge in [-0.1, -0.05) is 6.07 Å². The molecule has 124 valence electrons. The van der Waals surface area contributed by atoms with Gasteiger partial charge < -0.3 is 9.97 Å². The Balaban J connectivity index is 1.60. The molecule has 4 nitrogen and oxygen atoms in total. The van der Waals surface area contributed by atoms with Crippen molar-refractivity contribution in [2.24, 2.45) is 0 Å². The highest BCUT2D eigenvalue weighted by Gasteiger charge is 2.18. The van der Waals surface area contributed by atoms with Crippen LogP contribution in [0, 0.1) is 0 Å². The Hall–Kier alpha value is -2.40. The van der Waals surface area contributed by atoms with Gasteiger partial charge in [-0.25, -0.2) is 4.39 Å². The van der Waals surface area contributed by atoms with Crippen LogP contribution in [0.25, 0.3) is 22.2 Å². The smallest absolute Gasteiger partial charge is 0.257 e. The molecule has 0 unspecified atom stereocenters. The van der Waals surface area contributed by atoms with Crippen LogP contribution in [0.1, 0.15) is 18.4 Å². The SMILES string of the molecule is O=c1[nH]cccc1-c1cc2cc(CN3CCC(F)CC3)ccc2[nH]1. The highest BCUT2D eigenvalue weighted by Crippen LogP contribution is 2.24. The summed E-state index contributed by atoms with van der Waals surface area (Å²) < 4.78 is 13.2. The third-order valence-corrected chi connectivity index (χ3v) is 4.72. The number of aromatic amines is 2. The molecule has 1 aromatic carbocycles. The van der Waals surface area contributed by atoms with Crippen molar-refractivity contribution in [3.63, 3.8) is 0 Å². The maximum absolute atomic E-state index is 13.2. The monoisotopic (exact) mass is 325 g/mol. The van der Waals surface area contributed by atoms with Gasteiger partial charge in [-0.15, -0.1) is 0 Å². The fourth-order valence-corrected chi connectivity index (χ4v) is 3.38. The Labute approximate surface area is 139 Å². The maximum atomic E-state index is 13.2. The summed E-state index contributed by atoms with van der Waals surface area (Å²) in [6, 6.07) is 11.9. The van der Waals surface area contributed by atoms with E-state index in [1.807, 2.05) is 24.3 Å². The van der Waals surface area contributed by atoms with Crippen LogP contribution in [0.5, 0.6) is 0 Å². The van der Waals surface area contributed by atoms with Crippen molar-refractivity contribution in [3.8, 4) is 11.3 Å². The molecule has 2 aromatic heterocycles. The minimum absolute atomic E-state index is 0.0987. The minimum Gasteiger partial charge on any atom is -0.354 e. The number of fused-ring (bicyclic) bond motifs is 1. The van der Waals surface area contributed by atoms with Gasteiger partial charge in [0.2, 0.25) is 0 Å². The number of hydrogen-bond acceptors (Lipinski definition) is 2. The standard InChI is InChI=1S/C19H20FN3O/c20-15-5-8-23(9-6-15)12-13-3-4-17-14(10-13)11-18(22-17)16-2-1-7-21-19(16)24/h1-4,7,10-11,15,22H,5-6,8-9,12H2,(H,21,24). The molecule has 3 aromatic rings. The third kappa shape index (κ3) is 2.99. The van der Waals surface area contributed by atoms with Crippen LogP contribution < -0.4 is 5.56 Å². The van der Waals surface area contributed by atoms with Gasteiger partial charge in [-0.2, -0.15) is 0 Å². The first-order chi connectivity index (χ1) is 11.7. The number of nitrogens with one attached hydrogen (secondary N) is 2. The number of piperidine rings is 1. The maximum Gasteiger partial charge on any atom is 0.257 e. The van der Waals surface area contributed by atoms with Crippen molar-refractivity contribution >= 4 is 10.9 Å². The van der Waals surface area contributed by atoms with E-state index in [9.17, 15) is 9.18 Å². The number of halogens is 1. The van der Waals surface area contributed by atoms with E-state index in [-0.39, 0.29) is 5.56 Å². The van der Waals surface area contributed by atoms with Crippen LogP contribution in [0.4, 0.5) is 4.39 Å². The van der Waals surface area contributed by atoms with E-state index in [1.54, 1.807) is 6.20 Å². The molecular formula is C19H20FN3O. The number of nitrogens with zero attached hydrogens (tertiary/aromatic N) is 1. The number of hydrogen-bond donors (Lipinski definition) is 2. The summed E-state index contributed by atoms with van der Waals surface area (Å²) in [6.45, 7) is 2.48. The van der Waals surface area contributed by atoms with Gasteiger partial charge in [-0.3, -0.25) is 9.69 Å². The Morgan fingerprint density at radius 2 is 2.00 bits per heavy atom. The van der Waals surface area contributed by atoms with Crippen LogP contribution in [0.2, 0.25) is 0 Å². The number of pyridine rings is 1. The number of alkyl halides is 1. The fourth-order valence-electron chi connectivity index (χ4n) is 3.38. The van der Waals surface area contributed by atoms with Crippen LogP contribution in [-0.2, 0) is 6.54 Å². The highest BCUT2D eigenvalue weighted by molar-refractivity contribution is 5.86. The minimum atomic E-state index is -0.639. The molecule has 0 saturated carbocycles. The van der Waals surface area contributed by atoms with E-state index in [4.69, 9.17) is 0 Å². The number of aromatic nitrogens is 2. The van der Waals surface area contributed by atoms with E-state index in [2.05, 4.69) is 27.0 Å². The first-order valence-electron chi connectivity index (χ1n) is 8.35. The lowest BCUT2D eigenvalue weighted by atomic mass is 10.1. The molecule has 0 bridgehead atoms. The van der Waals surface area contributed by atoms with Gasteiger partial charge in [-0.05, 0) is 48.7 Å². The summed E-state index contributed by atoms with van der Waals surface area (Å²) in [7, 11) is 0. The first kappa shape index (κ1) is 15.1. The van der Waals surface area contributed by atoms with Gasteiger partial charge in [0.05, 0.1) is 11.3 Å². The zero-order valence-corrected chi connectivity index (χ0v) is 13.4. The Morgan fingerprint density at radius 3 is 2.79 bits per heavy atom. The molecule has 3 heterocycles. The van der Waals surface area contributed by atoms with Crippen molar-refractivity contribution in [2.75, 3.05) is 13.1 Å². The lowest BCUT2D eigenvalue weighted by Crippen LogP contribution is -2.33. The molecule has 1 aliphatic heterocycles. The number of benzene rings is 1. The topological polar surface area (TPSA) is 51.9 Å². The van der Waals surface area contributed by atoms with E-state index in [0.717, 1.165) is 36.2 Å². The molecule has 0 amide bonds. The largest absolute Gasteiger partial charge is 0.354 e. The predicted molar refractivity (Wildman–Crippen MR) is 93.8 cm³/mol. The quantitative estimate of drug-likeness (QED) is 0.775. The lowest BCUT2D eigenvalue weighted by molar-refractivity contribution is 0.145. The second-order valence-electron chi connectivity index (χ2n) is 6.47. The second-order valence-corrected chi connectivity index (χ2v) is 6.47. The normalized spacial score (nSPS) is 16.7. The van der Waals surface area contributed by atoms with Gasteiger partial charge in [0.1, 0.15) is 6.17 Å². The fraction of sp³-hybridized carbons (Fsp3) is 0.316. The average molecular weight is 325 g/mol. The van der Waals surface area contributed by atoms with E-state index in [1.165, 1.54) is 5.56 Å². The van der Waals surface area contributed by atoms with Crippen LogP contribution >= 0.6 is 0 Å². The number of rotatable bonds is 3. The molecule has 0 radical (unpaired) electrons. The summed E-state index contributed by atoms with van der Waals surface area (Å²) in [5.41, 5.74) is 3.59. The van der Waals surface area contributed by atoms with Crippen LogP contribution in [0.15, 0.2) is 47.4 Å². The summed E-state index contributed by atoms with van der Waals surface area (Å²) in [6.07, 6.45) is 2.26. The number of H-pyrrole nitrogens is 2. The third-order valence-electron chi connectivity index (χ3n) is 4.72. The molecule has 4 rings (SSSR count). The van der Waals surface area contributed by atoms with Crippen LogP contribution in [0.3, 0.4) is 0 Å². The van der Waals surface area contributed by atoms with E-state index < -0.39 is 6.17 Å². The Morgan fingerprint density at radius 1 is 1.17 bits per heavy atom. The van der Waals surface area contributed by atoms with Crippen molar-refractivity contribution in [2.45, 2.75) is 25.6 Å². The Kier molecular flexibility index (Phi) is 3.94. The Bertz CT molecular complexity index is 906. The highest BCUT2D eigenvalue weighted by atomic mass is 19.1. The molecule has 5 heteroatoms. The average Bonchev–Trinajstić information content (AvgIpc) is 3.00. The molecule has 1 saturated heterocycles. The molecule has 24 heavy (non-hydrogen) atoms. The zero-order valence-electron chi connectivity index (χ0n) is 13.4. The zero-order chi connectivity index (χ0) is 16.5. The van der Waals surface area contributed by atoms with Crippen molar-refractivity contribution in [1.82, 2.24) is 14.9 Å². The number of likely N-dealkylation sites (tertiary alicyclic amines) is 1. The molecule has 0 spiro atoms.